The van der Waals surface area contributed by atoms with Crippen LogP contribution in [0.1, 0.15) is 27.7 Å². The zero-order chi connectivity index (χ0) is 19.1. The van der Waals surface area contributed by atoms with Crippen LogP contribution in [-0.2, 0) is 19.5 Å². The van der Waals surface area contributed by atoms with Crippen LogP contribution in [0.4, 0.5) is 0 Å². The van der Waals surface area contributed by atoms with E-state index in [2.05, 4.69) is 59.8 Å². The number of hydrogen-bond donors (Lipinski definition) is 2. The van der Waals surface area contributed by atoms with Gasteiger partial charge in [0.05, 0.1) is 10.7 Å². The second-order valence-electron chi connectivity index (χ2n) is 6.38. The smallest absolute Gasteiger partial charge is 0.191 e. The Morgan fingerprint density at radius 3 is 2.78 bits per heavy atom. The van der Waals surface area contributed by atoms with Crippen LogP contribution in [0.3, 0.4) is 0 Å². The summed E-state index contributed by atoms with van der Waals surface area (Å²) in [7, 11) is 1.79. The van der Waals surface area contributed by atoms with E-state index in [0.29, 0.717) is 0 Å². The average Bonchev–Trinajstić information content (AvgIpc) is 3.26. The molecule has 0 unspecified atom stereocenters. The predicted octanol–water partition coefficient (Wildman–Crippen LogP) is 2.91. The van der Waals surface area contributed by atoms with Gasteiger partial charge in [-0.15, -0.1) is 11.3 Å². The number of benzene rings is 1. The number of aromatic nitrogens is 3. The van der Waals surface area contributed by atoms with Crippen LogP contribution in [-0.4, -0.2) is 34.1 Å². The molecule has 0 saturated heterocycles. The molecule has 0 aliphatic rings. The molecule has 7 heteroatoms. The summed E-state index contributed by atoms with van der Waals surface area (Å²) in [6.45, 7) is 6.42. The highest BCUT2D eigenvalue weighted by molar-refractivity contribution is 7.09. The number of nitrogens with one attached hydrogen (secondary N) is 2. The summed E-state index contributed by atoms with van der Waals surface area (Å²) in [5.41, 5.74) is 3.61. The van der Waals surface area contributed by atoms with Crippen molar-refractivity contribution < 1.29 is 0 Å². The minimum atomic E-state index is 0.728. The van der Waals surface area contributed by atoms with Gasteiger partial charge in [-0.25, -0.2) is 9.97 Å². The van der Waals surface area contributed by atoms with Crippen molar-refractivity contribution in [3.63, 3.8) is 0 Å². The molecule has 1 aromatic carbocycles. The van der Waals surface area contributed by atoms with Crippen molar-refractivity contribution in [3.8, 4) is 0 Å². The third-order valence-corrected chi connectivity index (χ3v) is 5.11. The summed E-state index contributed by atoms with van der Waals surface area (Å²) < 4.78 is 2.15. The van der Waals surface area contributed by atoms with E-state index in [1.54, 1.807) is 18.4 Å². The monoisotopic (exact) mass is 382 g/mol. The molecule has 0 saturated carbocycles. The molecule has 142 valence electrons. The summed E-state index contributed by atoms with van der Waals surface area (Å²) in [6.07, 6.45) is 4.74. The lowest BCUT2D eigenvalue weighted by Crippen LogP contribution is -2.37. The maximum Gasteiger partial charge on any atom is 0.191 e. The van der Waals surface area contributed by atoms with Crippen molar-refractivity contribution in [2.75, 3.05) is 13.6 Å². The van der Waals surface area contributed by atoms with E-state index in [-0.39, 0.29) is 0 Å². The Labute approximate surface area is 164 Å². The van der Waals surface area contributed by atoms with E-state index in [1.165, 1.54) is 11.1 Å². The third kappa shape index (κ3) is 5.65. The van der Waals surface area contributed by atoms with Gasteiger partial charge in [0.25, 0.3) is 0 Å². The maximum atomic E-state index is 4.49. The number of guanidine groups is 1. The number of aryl methyl sites for hydroxylation is 2. The van der Waals surface area contributed by atoms with Crippen LogP contribution in [0.25, 0.3) is 0 Å². The molecule has 3 rings (SSSR count). The number of thiazole rings is 1. The fraction of sp³-hybridized carbons (Fsp3) is 0.350. The largest absolute Gasteiger partial charge is 0.356 e. The van der Waals surface area contributed by atoms with Crippen LogP contribution in [0.15, 0.2) is 47.0 Å². The normalized spacial score (nSPS) is 11.6. The van der Waals surface area contributed by atoms with Gasteiger partial charge in [0.15, 0.2) is 5.96 Å². The van der Waals surface area contributed by atoms with E-state index in [1.807, 2.05) is 26.2 Å². The molecule has 2 N–H and O–H groups in total. The van der Waals surface area contributed by atoms with Crippen molar-refractivity contribution in [1.82, 2.24) is 25.2 Å². The zero-order valence-corrected chi connectivity index (χ0v) is 16.9. The second-order valence-corrected chi connectivity index (χ2v) is 7.44. The van der Waals surface area contributed by atoms with Gasteiger partial charge in [0, 0.05) is 50.9 Å². The van der Waals surface area contributed by atoms with E-state index in [0.717, 1.165) is 48.5 Å². The predicted molar refractivity (Wildman–Crippen MR) is 111 cm³/mol. The van der Waals surface area contributed by atoms with Gasteiger partial charge >= 0.3 is 0 Å². The van der Waals surface area contributed by atoms with Crippen LogP contribution >= 0.6 is 11.3 Å². The summed E-state index contributed by atoms with van der Waals surface area (Å²) in [5.74, 6) is 1.83. The SMILES string of the molecule is CN=C(NCCc1csc(C)n1)NCc1cccc(Cn2ccnc2C)c1. The third-order valence-electron chi connectivity index (χ3n) is 4.29. The molecular formula is C20H26N6S. The van der Waals surface area contributed by atoms with Crippen molar-refractivity contribution in [3.05, 3.63) is 69.7 Å². The topological polar surface area (TPSA) is 67.1 Å². The Morgan fingerprint density at radius 2 is 2.07 bits per heavy atom. The summed E-state index contributed by atoms with van der Waals surface area (Å²) in [6, 6.07) is 8.59. The highest BCUT2D eigenvalue weighted by Gasteiger charge is 2.03. The molecule has 0 aliphatic heterocycles. The molecule has 0 fully saturated rings. The number of rotatable bonds is 7. The Balaban J connectivity index is 1.49. The maximum absolute atomic E-state index is 4.49. The Kier molecular flexibility index (Phi) is 6.59. The molecule has 0 atom stereocenters. The first kappa shape index (κ1) is 19.1. The summed E-state index contributed by atoms with van der Waals surface area (Å²) in [4.78, 5) is 13.1. The Hall–Kier alpha value is -2.67. The van der Waals surface area contributed by atoms with Crippen LogP contribution in [0.5, 0.6) is 0 Å². The number of aliphatic imine (C=N–C) groups is 1. The minimum Gasteiger partial charge on any atom is -0.356 e. The molecule has 6 nitrogen and oxygen atoms in total. The molecule has 3 aromatic rings. The van der Waals surface area contributed by atoms with E-state index in [4.69, 9.17) is 0 Å². The molecule has 2 heterocycles. The van der Waals surface area contributed by atoms with Gasteiger partial charge in [-0.1, -0.05) is 24.3 Å². The second kappa shape index (κ2) is 9.32. The van der Waals surface area contributed by atoms with Gasteiger partial charge in [0.1, 0.15) is 5.82 Å². The van der Waals surface area contributed by atoms with Crippen molar-refractivity contribution in [1.29, 1.82) is 0 Å². The average molecular weight is 383 g/mol. The van der Waals surface area contributed by atoms with Crippen LogP contribution in [0, 0.1) is 13.8 Å². The fourth-order valence-corrected chi connectivity index (χ4v) is 3.49. The standard InChI is InChI=1S/C20H26N6S/c1-15-22-9-10-26(15)13-18-6-4-5-17(11-18)12-24-20(21-3)23-8-7-19-14-27-16(2)25-19/h4-6,9-11,14H,7-8,12-13H2,1-3H3,(H2,21,23,24). The molecule has 27 heavy (non-hydrogen) atoms. The molecule has 0 radical (unpaired) electrons. The zero-order valence-electron chi connectivity index (χ0n) is 16.1. The number of imidazole rings is 1. The first-order valence-electron chi connectivity index (χ1n) is 9.05. The van der Waals surface area contributed by atoms with Gasteiger partial charge < -0.3 is 15.2 Å². The van der Waals surface area contributed by atoms with Crippen molar-refractivity contribution in [2.24, 2.45) is 4.99 Å². The lowest BCUT2D eigenvalue weighted by atomic mass is 10.1. The van der Waals surface area contributed by atoms with Crippen molar-refractivity contribution in [2.45, 2.75) is 33.4 Å². The van der Waals surface area contributed by atoms with Crippen molar-refractivity contribution >= 4 is 17.3 Å². The molecule has 2 aromatic heterocycles. The minimum absolute atomic E-state index is 0.728. The van der Waals surface area contributed by atoms with E-state index in [9.17, 15) is 0 Å². The molecular weight excluding hydrogens is 356 g/mol. The van der Waals surface area contributed by atoms with E-state index >= 15 is 0 Å². The Bertz CT molecular complexity index is 895. The molecule has 0 aliphatic carbocycles. The highest BCUT2D eigenvalue weighted by Crippen LogP contribution is 2.09. The van der Waals surface area contributed by atoms with Gasteiger partial charge in [-0.3, -0.25) is 4.99 Å². The lowest BCUT2D eigenvalue weighted by Gasteiger charge is -2.12. The van der Waals surface area contributed by atoms with Gasteiger partial charge in [0.2, 0.25) is 0 Å². The van der Waals surface area contributed by atoms with E-state index < -0.39 is 0 Å². The number of nitrogens with zero attached hydrogens (tertiary/aromatic N) is 4. The van der Waals surface area contributed by atoms with Crippen LogP contribution in [0.2, 0.25) is 0 Å². The van der Waals surface area contributed by atoms with Crippen LogP contribution < -0.4 is 10.6 Å². The fourth-order valence-electron chi connectivity index (χ4n) is 2.84. The van der Waals surface area contributed by atoms with Gasteiger partial charge in [-0.05, 0) is 25.0 Å². The first-order chi connectivity index (χ1) is 13.1. The Morgan fingerprint density at radius 1 is 1.22 bits per heavy atom. The first-order valence-corrected chi connectivity index (χ1v) is 9.93. The summed E-state index contributed by atoms with van der Waals surface area (Å²) >= 11 is 1.69. The van der Waals surface area contributed by atoms with Gasteiger partial charge in [-0.2, -0.15) is 0 Å². The molecule has 0 amide bonds. The summed E-state index contributed by atoms with van der Waals surface area (Å²) in [5, 5.41) is 9.94. The lowest BCUT2D eigenvalue weighted by molar-refractivity contribution is 0.757. The molecule has 0 spiro atoms. The molecule has 0 bridgehead atoms. The highest BCUT2D eigenvalue weighted by atomic mass is 32.1. The quantitative estimate of drug-likeness (QED) is 0.487. The number of hydrogen-bond acceptors (Lipinski definition) is 4.